The Bertz CT molecular complexity index is 587. The molecule has 4 atom stereocenters. The van der Waals surface area contributed by atoms with Crippen LogP contribution in [0.3, 0.4) is 0 Å². The second-order valence-electron chi connectivity index (χ2n) is 11.1. The summed E-state index contributed by atoms with van der Waals surface area (Å²) in [7, 11) is 0. The Morgan fingerprint density at radius 1 is 0.704 bits per heavy atom. The lowest BCUT2D eigenvalue weighted by Gasteiger charge is -2.48. The molecule has 0 bridgehead atoms. The van der Waals surface area contributed by atoms with Crippen LogP contribution in [0.4, 0.5) is 4.79 Å². The SMILES string of the molecule is CC1CC(N2C(=O)CC(=O)N(C3CC(C)CC(C)(C)C3)C2=O)CC(C)(C)C1. The van der Waals surface area contributed by atoms with Crippen molar-refractivity contribution in [2.75, 3.05) is 0 Å². The van der Waals surface area contributed by atoms with Crippen LogP contribution >= 0.6 is 0 Å². The normalized spacial score (nSPS) is 36.9. The lowest BCUT2D eigenvalue weighted by Crippen LogP contribution is -2.63. The minimum Gasteiger partial charge on any atom is -0.274 e. The fourth-order valence-corrected chi connectivity index (χ4v) is 6.33. The van der Waals surface area contributed by atoms with Gasteiger partial charge in [0, 0.05) is 12.1 Å². The summed E-state index contributed by atoms with van der Waals surface area (Å²) in [6.45, 7) is 13.2. The third-order valence-electron chi connectivity index (χ3n) is 6.71. The zero-order chi connectivity index (χ0) is 20.1. The number of urea groups is 1. The van der Waals surface area contributed by atoms with Crippen molar-refractivity contribution in [3.8, 4) is 0 Å². The van der Waals surface area contributed by atoms with Crippen molar-refractivity contribution in [3.63, 3.8) is 0 Å². The van der Waals surface area contributed by atoms with Gasteiger partial charge in [-0.3, -0.25) is 19.4 Å². The summed E-state index contributed by atoms with van der Waals surface area (Å²) in [5.41, 5.74) is 0.215. The number of nitrogens with zero attached hydrogens (tertiary/aromatic N) is 2. The Labute approximate surface area is 163 Å². The summed E-state index contributed by atoms with van der Waals surface area (Å²) in [5.74, 6) is 0.330. The van der Waals surface area contributed by atoms with Crippen LogP contribution < -0.4 is 0 Å². The Balaban J connectivity index is 1.86. The van der Waals surface area contributed by atoms with Gasteiger partial charge in [-0.15, -0.1) is 0 Å². The first-order valence-corrected chi connectivity index (χ1v) is 10.6. The van der Waals surface area contributed by atoms with E-state index < -0.39 is 0 Å². The maximum atomic E-state index is 13.4. The van der Waals surface area contributed by atoms with Crippen molar-refractivity contribution in [2.24, 2.45) is 22.7 Å². The first-order valence-electron chi connectivity index (χ1n) is 10.6. The van der Waals surface area contributed by atoms with Crippen LogP contribution in [0.1, 0.15) is 86.5 Å². The van der Waals surface area contributed by atoms with Gasteiger partial charge in [0.25, 0.3) is 0 Å². The van der Waals surface area contributed by atoms with E-state index in [2.05, 4.69) is 41.5 Å². The Hall–Kier alpha value is -1.39. The molecule has 27 heavy (non-hydrogen) atoms. The molecule has 1 heterocycles. The van der Waals surface area contributed by atoms with Crippen LogP contribution in [0.5, 0.6) is 0 Å². The highest BCUT2D eigenvalue weighted by atomic mass is 16.2. The molecule has 3 rings (SSSR count). The molecular formula is C22H36N2O3. The van der Waals surface area contributed by atoms with Gasteiger partial charge in [-0.2, -0.15) is 0 Å². The van der Waals surface area contributed by atoms with Gasteiger partial charge in [0.1, 0.15) is 6.42 Å². The molecule has 1 aliphatic heterocycles. The van der Waals surface area contributed by atoms with Crippen molar-refractivity contribution in [1.29, 1.82) is 0 Å². The molecule has 3 aliphatic rings. The molecule has 0 aromatic rings. The molecule has 5 heteroatoms. The van der Waals surface area contributed by atoms with E-state index in [1.165, 1.54) is 9.80 Å². The van der Waals surface area contributed by atoms with Gasteiger partial charge in [0.2, 0.25) is 11.8 Å². The summed E-state index contributed by atoms with van der Waals surface area (Å²) >= 11 is 0. The second kappa shape index (κ2) is 6.89. The Morgan fingerprint density at radius 3 is 1.41 bits per heavy atom. The quantitative estimate of drug-likeness (QED) is 0.662. The number of hydrogen-bond acceptors (Lipinski definition) is 3. The fraction of sp³-hybridized carbons (Fsp3) is 0.864. The molecule has 5 nitrogen and oxygen atoms in total. The van der Waals surface area contributed by atoms with E-state index in [0.717, 1.165) is 38.5 Å². The number of carbonyl (C=O) groups excluding carboxylic acids is 3. The average Bonchev–Trinajstić information content (AvgIpc) is 2.41. The van der Waals surface area contributed by atoms with Gasteiger partial charge < -0.3 is 0 Å². The molecule has 0 aromatic heterocycles. The first-order chi connectivity index (χ1) is 12.4. The van der Waals surface area contributed by atoms with E-state index in [1.807, 2.05) is 0 Å². The lowest BCUT2D eigenvalue weighted by molar-refractivity contribution is -0.147. The van der Waals surface area contributed by atoms with Gasteiger partial charge in [-0.25, -0.2) is 4.79 Å². The summed E-state index contributed by atoms with van der Waals surface area (Å²) in [5, 5.41) is 0. The van der Waals surface area contributed by atoms with Crippen molar-refractivity contribution >= 4 is 17.8 Å². The van der Waals surface area contributed by atoms with Crippen LogP contribution in [0.2, 0.25) is 0 Å². The Morgan fingerprint density at radius 2 is 1.07 bits per heavy atom. The predicted molar refractivity (Wildman–Crippen MR) is 105 cm³/mol. The maximum absolute atomic E-state index is 13.4. The van der Waals surface area contributed by atoms with E-state index in [0.29, 0.717) is 11.8 Å². The van der Waals surface area contributed by atoms with E-state index in [9.17, 15) is 14.4 Å². The monoisotopic (exact) mass is 376 g/mol. The highest BCUT2D eigenvalue weighted by molar-refractivity contribution is 6.14. The van der Waals surface area contributed by atoms with Gasteiger partial charge in [0.15, 0.2) is 0 Å². The smallest absolute Gasteiger partial charge is 0.274 e. The Kier molecular flexibility index (Phi) is 5.19. The van der Waals surface area contributed by atoms with E-state index in [4.69, 9.17) is 0 Å². The average molecular weight is 377 g/mol. The number of rotatable bonds is 2. The van der Waals surface area contributed by atoms with Gasteiger partial charge in [0.05, 0.1) is 0 Å². The zero-order valence-electron chi connectivity index (χ0n) is 17.9. The van der Waals surface area contributed by atoms with E-state index in [-0.39, 0.29) is 47.2 Å². The van der Waals surface area contributed by atoms with E-state index >= 15 is 0 Å². The number of hydrogen-bond donors (Lipinski definition) is 0. The predicted octanol–water partition coefficient (Wildman–Crippen LogP) is 4.60. The second-order valence-corrected chi connectivity index (χ2v) is 11.1. The molecule has 2 saturated carbocycles. The molecule has 4 amide bonds. The summed E-state index contributed by atoms with van der Waals surface area (Å²) in [6.07, 6.45) is 5.38. The summed E-state index contributed by atoms with van der Waals surface area (Å²) < 4.78 is 0. The van der Waals surface area contributed by atoms with Crippen molar-refractivity contribution in [3.05, 3.63) is 0 Å². The fourth-order valence-electron chi connectivity index (χ4n) is 6.33. The number of amides is 4. The first kappa shape index (κ1) is 20.3. The standard InChI is InChI=1S/C22H36N2O3/c1-14-7-16(12-21(3,4)10-14)23-18(25)9-19(26)24(20(23)27)17-8-15(2)11-22(5,6)13-17/h14-17H,7-13H2,1-6H3. The molecular weight excluding hydrogens is 340 g/mol. The molecule has 152 valence electrons. The third-order valence-corrected chi connectivity index (χ3v) is 6.71. The summed E-state index contributed by atoms with van der Waals surface area (Å²) in [6, 6.07) is -0.539. The topological polar surface area (TPSA) is 57.7 Å². The molecule has 4 unspecified atom stereocenters. The number of barbiturate groups is 1. The molecule has 1 saturated heterocycles. The van der Waals surface area contributed by atoms with Crippen LogP contribution in [-0.4, -0.2) is 39.7 Å². The molecule has 3 fully saturated rings. The maximum Gasteiger partial charge on any atom is 0.333 e. The van der Waals surface area contributed by atoms with Crippen molar-refractivity contribution in [1.82, 2.24) is 9.80 Å². The highest BCUT2D eigenvalue weighted by Crippen LogP contribution is 2.44. The lowest BCUT2D eigenvalue weighted by atomic mass is 9.69. The van der Waals surface area contributed by atoms with Crippen LogP contribution in [-0.2, 0) is 9.59 Å². The van der Waals surface area contributed by atoms with E-state index in [1.54, 1.807) is 0 Å². The van der Waals surface area contributed by atoms with Crippen molar-refractivity contribution in [2.45, 2.75) is 98.6 Å². The minimum absolute atomic E-state index is 0.0895. The number of imide groups is 2. The third kappa shape index (κ3) is 4.22. The van der Waals surface area contributed by atoms with Crippen LogP contribution in [0, 0.1) is 22.7 Å². The minimum atomic E-state index is -0.360. The molecule has 0 aromatic carbocycles. The molecule has 0 N–H and O–H groups in total. The number of carbonyl (C=O) groups is 3. The molecule has 2 aliphatic carbocycles. The zero-order valence-corrected chi connectivity index (χ0v) is 17.9. The molecule has 0 spiro atoms. The summed E-state index contributed by atoms with van der Waals surface area (Å²) in [4.78, 5) is 41.7. The van der Waals surface area contributed by atoms with Crippen molar-refractivity contribution < 1.29 is 14.4 Å². The largest absolute Gasteiger partial charge is 0.333 e. The van der Waals surface area contributed by atoms with Crippen LogP contribution in [0.25, 0.3) is 0 Å². The highest BCUT2D eigenvalue weighted by Gasteiger charge is 2.48. The van der Waals surface area contributed by atoms with Gasteiger partial charge >= 0.3 is 6.03 Å². The van der Waals surface area contributed by atoms with Crippen LogP contribution in [0.15, 0.2) is 0 Å². The van der Waals surface area contributed by atoms with Gasteiger partial charge in [-0.05, 0) is 61.2 Å². The van der Waals surface area contributed by atoms with Gasteiger partial charge in [-0.1, -0.05) is 41.5 Å². The molecule has 0 radical (unpaired) electrons.